The van der Waals surface area contributed by atoms with E-state index in [2.05, 4.69) is 5.32 Å². The van der Waals surface area contributed by atoms with Gasteiger partial charge in [0.05, 0.1) is 11.4 Å². The Bertz CT molecular complexity index is 1020. The first kappa shape index (κ1) is 19.9. The molecule has 0 aliphatic carbocycles. The molecule has 28 heavy (non-hydrogen) atoms. The normalized spacial score (nSPS) is 19.6. The molecule has 0 saturated carbocycles. The summed E-state index contributed by atoms with van der Waals surface area (Å²) in [4.78, 5) is 26.5. The molecule has 8 heteroatoms. The number of amides is 3. The minimum atomic E-state index is -3.34. The molecule has 7 nitrogen and oxygen atoms in total. The SMILES string of the molecule is Cc1cccc(OCCN2C(=O)N[C@@](C)(c3ccc(S(C)(=O)=O)cc3)C2=O)c1. The van der Waals surface area contributed by atoms with Crippen LogP contribution >= 0.6 is 0 Å². The number of ether oxygens (including phenoxy) is 1. The van der Waals surface area contributed by atoms with E-state index in [0.29, 0.717) is 11.3 Å². The summed E-state index contributed by atoms with van der Waals surface area (Å²) in [6.45, 7) is 3.83. The number of aryl methyl sites for hydroxylation is 1. The van der Waals surface area contributed by atoms with Crippen LogP contribution in [0.5, 0.6) is 5.75 Å². The summed E-state index contributed by atoms with van der Waals surface area (Å²) in [7, 11) is -3.34. The number of nitrogens with zero attached hydrogens (tertiary/aromatic N) is 1. The molecule has 3 rings (SSSR count). The molecule has 0 spiro atoms. The fourth-order valence-corrected chi connectivity index (χ4v) is 3.72. The molecule has 2 aromatic carbocycles. The van der Waals surface area contributed by atoms with E-state index in [1.807, 2.05) is 31.2 Å². The van der Waals surface area contributed by atoms with Gasteiger partial charge in [0.1, 0.15) is 17.9 Å². The molecular formula is C20H22N2O5S. The highest BCUT2D eigenvalue weighted by molar-refractivity contribution is 7.90. The summed E-state index contributed by atoms with van der Waals surface area (Å²) in [5.41, 5.74) is 0.314. The molecule has 0 bridgehead atoms. The van der Waals surface area contributed by atoms with Crippen LogP contribution in [-0.4, -0.2) is 44.7 Å². The van der Waals surface area contributed by atoms with E-state index in [1.54, 1.807) is 19.1 Å². The molecule has 0 unspecified atom stereocenters. The second-order valence-corrected chi connectivity index (χ2v) is 8.99. The lowest BCUT2D eigenvalue weighted by molar-refractivity contribution is -0.131. The van der Waals surface area contributed by atoms with Gasteiger partial charge >= 0.3 is 6.03 Å². The van der Waals surface area contributed by atoms with Crippen molar-refractivity contribution in [1.29, 1.82) is 0 Å². The van der Waals surface area contributed by atoms with Crippen molar-refractivity contribution in [2.24, 2.45) is 0 Å². The van der Waals surface area contributed by atoms with Gasteiger partial charge < -0.3 is 10.1 Å². The third-order valence-electron chi connectivity index (χ3n) is 4.71. The quantitative estimate of drug-likeness (QED) is 0.748. The van der Waals surface area contributed by atoms with Crippen molar-refractivity contribution in [2.45, 2.75) is 24.3 Å². The average molecular weight is 402 g/mol. The summed E-state index contributed by atoms with van der Waals surface area (Å²) in [6.07, 6.45) is 1.11. The first-order valence-electron chi connectivity index (χ1n) is 8.75. The van der Waals surface area contributed by atoms with Crippen molar-refractivity contribution in [3.63, 3.8) is 0 Å². The van der Waals surface area contributed by atoms with Gasteiger partial charge in [0.15, 0.2) is 9.84 Å². The standard InChI is InChI=1S/C20H22N2O5S/c1-14-5-4-6-16(13-14)27-12-11-22-18(23)20(2,21-19(22)24)15-7-9-17(10-8-15)28(3,25)26/h4-10,13H,11-12H2,1-3H3,(H,21,24)/t20-/m0/s1. The summed E-state index contributed by atoms with van der Waals surface area (Å²) < 4.78 is 28.9. The number of carbonyl (C=O) groups excluding carboxylic acids is 2. The summed E-state index contributed by atoms with van der Waals surface area (Å²) >= 11 is 0. The number of nitrogens with one attached hydrogen (secondary N) is 1. The highest BCUT2D eigenvalue weighted by Gasteiger charge is 2.48. The maximum absolute atomic E-state index is 12.9. The number of imide groups is 1. The van der Waals surface area contributed by atoms with Gasteiger partial charge in [-0.1, -0.05) is 24.3 Å². The molecular weight excluding hydrogens is 380 g/mol. The molecule has 0 radical (unpaired) electrons. The van der Waals surface area contributed by atoms with E-state index < -0.39 is 27.3 Å². The van der Waals surface area contributed by atoms with Gasteiger partial charge in [0.25, 0.3) is 5.91 Å². The van der Waals surface area contributed by atoms with Crippen LogP contribution in [0.2, 0.25) is 0 Å². The first-order valence-corrected chi connectivity index (χ1v) is 10.6. The van der Waals surface area contributed by atoms with E-state index in [-0.39, 0.29) is 18.0 Å². The maximum Gasteiger partial charge on any atom is 0.325 e. The van der Waals surface area contributed by atoms with E-state index in [0.717, 1.165) is 16.7 Å². The first-order chi connectivity index (χ1) is 13.1. The maximum atomic E-state index is 12.9. The lowest BCUT2D eigenvalue weighted by Gasteiger charge is -2.22. The number of hydrogen-bond acceptors (Lipinski definition) is 5. The molecule has 1 aliphatic heterocycles. The van der Waals surface area contributed by atoms with Crippen LogP contribution in [0, 0.1) is 6.92 Å². The fourth-order valence-electron chi connectivity index (χ4n) is 3.09. The predicted octanol–water partition coefficient (Wildman–Crippen LogP) is 2.24. The third kappa shape index (κ3) is 3.87. The summed E-state index contributed by atoms with van der Waals surface area (Å²) in [6, 6.07) is 12.9. The molecule has 1 atom stereocenters. The lowest BCUT2D eigenvalue weighted by atomic mass is 9.92. The Kier molecular flexibility index (Phi) is 5.16. The van der Waals surface area contributed by atoms with Crippen LogP contribution < -0.4 is 10.1 Å². The molecule has 2 aromatic rings. The second kappa shape index (κ2) is 7.27. The highest BCUT2D eigenvalue weighted by atomic mass is 32.2. The van der Waals surface area contributed by atoms with E-state index >= 15 is 0 Å². The number of sulfone groups is 1. The van der Waals surface area contributed by atoms with E-state index in [9.17, 15) is 18.0 Å². The van der Waals surface area contributed by atoms with Crippen molar-refractivity contribution in [3.8, 4) is 5.75 Å². The minimum Gasteiger partial charge on any atom is -0.492 e. The minimum absolute atomic E-state index is 0.107. The van der Waals surface area contributed by atoms with Gasteiger partial charge in [-0.25, -0.2) is 13.2 Å². The van der Waals surface area contributed by atoms with Gasteiger partial charge in [-0.15, -0.1) is 0 Å². The van der Waals surface area contributed by atoms with Crippen LogP contribution in [0.3, 0.4) is 0 Å². The number of urea groups is 1. The zero-order valence-corrected chi connectivity index (χ0v) is 16.7. The van der Waals surface area contributed by atoms with E-state index in [4.69, 9.17) is 4.74 Å². The van der Waals surface area contributed by atoms with Gasteiger partial charge in [0, 0.05) is 6.26 Å². The molecule has 1 saturated heterocycles. The largest absolute Gasteiger partial charge is 0.492 e. The smallest absolute Gasteiger partial charge is 0.325 e. The Labute approximate surface area is 164 Å². The Morgan fingerprint density at radius 1 is 1.11 bits per heavy atom. The van der Waals surface area contributed by atoms with Crippen LogP contribution in [0.1, 0.15) is 18.1 Å². The fraction of sp³-hybridized carbons (Fsp3) is 0.300. The molecule has 1 fully saturated rings. The topological polar surface area (TPSA) is 92.8 Å². The van der Waals surface area contributed by atoms with Crippen LogP contribution in [-0.2, 0) is 20.2 Å². The van der Waals surface area contributed by atoms with Crippen molar-refractivity contribution >= 4 is 21.8 Å². The monoisotopic (exact) mass is 402 g/mol. The van der Waals surface area contributed by atoms with Crippen molar-refractivity contribution in [3.05, 3.63) is 59.7 Å². The summed E-state index contributed by atoms with van der Waals surface area (Å²) in [5.74, 6) is 0.267. The van der Waals surface area contributed by atoms with Gasteiger partial charge in [-0.3, -0.25) is 9.69 Å². The number of hydrogen-bond donors (Lipinski definition) is 1. The summed E-state index contributed by atoms with van der Waals surface area (Å²) in [5, 5.41) is 2.69. The van der Waals surface area contributed by atoms with E-state index in [1.165, 1.54) is 12.1 Å². The number of carbonyl (C=O) groups is 2. The predicted molar refractivity (Wildman–Crippen MR) is 104 cm³/mol. The Balaban J connectivity index is 1.71. The van der Waals surface area contributed by atoms with Crippen molar-refractivity contribution < 1.29 is 22.7 Å². The number of benzene rings is 2. The zero-order valence-electron chi connectivity index (χ0n) is 15.9. The zero-order chi connectivity index (χ0) is 20.5. The van der Waals surface area contributed by atoms with Gasteiger partial charge in [0.2, 0.25) is 0 Å². The molecule has 1 N–H and O–H groups in total. The highest BCUT2D eigenvalue weighted by Crippen LogP contribution is 2.29. The second-order valence-electron chi connectivity index (χ2n) is 6.97. The molecule has 0 aromatic heterocycles. The Morgan fingerprint density at radius 3 is 2.39 bits per heavy atom. The third-order valence-corrected chi connectivity index (χ3v) is 5.84. The molecule has 148 valence electrons. The van der Waals surface area contributed by atoms with Crippen LogP contribution in [0.25, 0.3) is 0 Å². The lowest BCUT2D eigenvalue weighted by Crippen LogP contribution is -2.41. The van der Waals surface area contributed by atoms with Crippen molar-refractivity contribution in [2.75, 3.05) is 19.4 Å². The Morgan fingerprint density at radius 2 is 1.79 bits per heavy atom. The van der Waals surface area contributed by atoms with Crippen LogP contribution in [0.4, 0.5) is 4.79 Å². The average Bonchev–Trinajstić information content (AvgIpc) is 2.85. The number of rotatable bonds is 6. The molecule has 1 aliphatic rings. The van der Waals surface area contributed by atoms with Crippen LogP contribution in [0.15, 0.2) is 53.4 Å². The Hall–Kier alpha value is -2.87. The molecule has 3 amide bonds. The molecule has 1 heterocycles. The van der Waals surface area contributed by atoms with Gasteiger partial charge in [-0.2, -0.15) is 0 Å². The van der Waals surface area contributed by atoms with Crippen molar-refractivity contribution in [1.82, 2.24) is 10.2 Å². The van der Waals surface area contributed by atoms with Gasteiger partial charge in [-0.05, 0) is 49.2 Å².